The smallest absolute Gasteiger partial charge is 0.237 e. The Bertz CT molecular complexity index is 293. The standard InChI is InChI=1S/C14H29N3O/c1-10(2)11(3)17(4)9-7-12-6-5-8-14(12,16)13(15)18/h10-12H,5-9,16H2,1-4H3,(H2,15,18). The summed E-state index contributed by atoms with van der Waals surface area (Å²) in [6.45, 7) is 7.68. The molecule has 0 aliphatic heterocycles. The molecule has 0 bridgehead atoms. The molecule has 1 aliphatic carbocycles. The molecule has 18 heavy (non-hydrogen) atoms. The molecule has 1 rings (SSSR count). The number of hydrogen-bond acceptors (Lipinski definition) is 3. The van der Waals surface area contributed by atoms with Crippen LogP contribution in [-0.2, 0) is 4.79 Å². The number of hydrogen-bond donors (Lipinski definition) is 2. The maximum atomic E-state index is 11.5. The van der Waals surface area contributed by atoms with Crippen molar-refractivity contribution in [2.24, 2.45) is 23.3 Å². The minimum Gasteiger partial charge on any atom is -0.368 e. The fourth-order valence-electron chi connectivity index (χ4n) is 2.90. The molecule has 4 nitrogen and oxygen atoms in total. The minimum absolute atomic E-state index is 0.247. The van der Waals surface area contributed by atoms with E-state index in [9.17, 15) is 4.79 Å². The van der Waals surface area contributed by atoms with Crippen LogP contribution in [0.1, 0.15) is 46.5 Å². The van der Waals surface area contributed by atoms with E-state index in [1.807, 2.05) is 0 Å². The fraction of sp³-hybridized carbons (Fsp3) is 0.929. The molecule has 1 fully saturated rings. The molecule has 0 aromatic heterocycles. The van der Waals surface area contributed by atoms with Gasteiger partial charge in [0.1, 0.15) is 0 Å². The Morgan fingerprint density at radius 3 is 2.56 bits per heavy atom. The van der Waals surface area contributed by atoms with Crippen LogP contribution >= 0.6 is 0 Å². The zero-order chi connectivity index (χ0) is 13.9. The lowest BCUT2D eigenvalue weighted by atomic mass is 9.84. The molecule has 1 amide bonds. The van der Waals surface area contributed by atoms with Crippen LogP contribution in [0.5, 0.6) is 0 Å². The molecule has 0 spiro atoms. The van der Waals surface area contributed by atoms with Crippen molar-refractivity contribution in [3.8, 4) is 0 Å². The first-order valence-electron chi connectivity index (χ1n) is 7.08. The predicted molar refractivity (Wildman–Crippen MR) is 75.0 cm³/mol. The molecular formula is C14H29N3O. The average Bonchev–Trinajstić information content (AvgIpc) is 2.67. The maximum absolute atomic E-state index is 11.5. The summed E-state index contributed by atoms with van der Waals surface area (Å²) < 4.78 is 0. The molecule has 3 unspecified atom stereocenters. The van der Waals surface area contributed by atoms with Gasteiger partial charge in [0.05, 0.1) is 5.54 Å². The first kappa shape index (κ1) is 15.4. The van der Waals surface area contributed by atoms with Crippen LogP contribution in [0.2, 0.25) is 0 Å². The van der Waals surface area contributed by atoms with Crippen LogP contribution < -0.4 is 11.5 Å². The van der Waals surface area contributed by atoms with Crippen LogP contribution in [0.4, 0.5) is 0 Å². The van der Waals surface area contributed by atoms with E-state index in [2.05, 4.69) is 32.7 Å². The fourth-order valence-corrected chi connectivity index (χ4v) is 2.90. The third kappa shape index (κ3) is 3.23. The second-order valence-electron chi connectivity index (χ2n) is 6.25. The first-order chi connectivity index (χ1) is 8.29. The van der Waals surface area contributed by atoms with Crippen LogP contribution in [0, 0.1) is 11.8 Å². The Labute approximate surface area is 111 Å². The summed E-state index contributed by atoms with van der Waals surface area (Å²) in [5.41, 5.74) is 10.9. The number of carbonyl (C=O) groups is 1. The molecule has 0 aromatic carbocycles. The van der Waals surface area contributed by atoms with Crippen LogP contribution in [0.15, 0.2) is 0 Å². The Balaban J connectivity index is 2.51. The van der Waals surface area contributed by atoms with Crippen molar-refractivity contribution in [3.05, 3.63) is 0 Å². The summed E-state index contributed by atoms with van der Waals surface area (Å²) in [5.74, 6) is 0.554. The van der Waals surface area contributed by atoms with Crippen LogP contribution in [0.3, 0.4) is 0 Å². The van der Waals surface area contributed by atoms with Gasteiger partial charge in [0, 0.05) is 6.04 Å². The van der Waals surface area contributed by atoms with Gasteiger partial charge in [-0.25, -0.2) is 0 Å². The number of carbonyl (C=O) groups excluding carboxylic acids is 1. The Kier molecular flexibility index (Phi) is 5.17. The normalized spacial score (nSPS) is 30.1. The number of amides is 1. The van der Waals surface area contributed by atoms with E-state index in [0.717, 1.165) is 32.2 Å². The molecule has 0 aromatic rings. The monoisotopic (exact) mass is 255 g/mol. The van der Waals surface area contributed by atoms with Crippen molar-refractivity contribution in [1.82, 2.24) is 4.90 Å². The molecule has 0 radical (unpaired) electrons. The molecule has 3 atom stereocenters. The molecule has 106 valence electrons. The zero-order valence-corrected chi connectivity index (χ0v) is 12.3. The van der Waals surface area contributed by atoms with Crippen LogP contribution in [-0.4, -0.2) is 36.0 Å². The number of nitrogens with two attached hydrogens (primary N) is 2. The van der Waals surface area contributed by atoms with Gasteiger partial charge in [-0.05, 0) is 51.6 Å². The lowest BCUT2D eigenvalue weighted by molar-refractivity contribution is -0.124. The summed E-state index contributed by atoms with van der Waals surface area (Å²) in [6, 6.07) is 0.548. The zero-order valence-electron chi connectivity index (χ0n) is 12.3. The van der Waals surface area contributed by atoms with Gasteiger partial charge in [-0.3, -0.25) is 4.79 Å². The van der Waals surface area contributed by atoms with Gasteiger partial charge >= 0.3 is 0 Å². The lowest BCUT2D eigenvalue weighted by Crippen LogP contribution is -2.55. The molecule has 4 N–H and O–H groups in total. The van der Waals surface area contributed by atoms with Gasteiger partial charge < -0.3 is 16.4 Å². The molecule has 4 heteroatoms. The van der Waals surface area contributed by atoms with Gasteiger partial charge in [0.25, 0.3) is 0 Å². The highest BCUT2D eigenvalue weighted by Gasteiger charge is 2.44. The second-order valence-corrected chi connectivity index (χ2v) is 6.25. The third-order valence-corrected chi connectivity index (χ3v) is 4.82. The molecule has 0 saturated heterocycles. The molecule has 1 aliphatic rings. The molecule has 1 saturated carbocycles. The van der Waals surface area contributed by atoms with Crippen molar-refractivity contribution < 1.29 is 4.79 Å². The largest absolute Gasteiger partial charge is 0.368 e. The van der Waals surface area contributed by atoms with Crippen molar-refractivity contribution in [1.29, 1.82) is 0 Å². The summed E-state index contributed by atoms with van der Waals surface area (Å²) in [4.78, 5) is 13.9. The summed E-state index contributed by atoms with van der Waals surface area (Å²) >= 11 is 0. The summed E-state index contributed by atoms with van der Waals surface area (Å²) in [6.07, 6.45) is 3.76. The van der Waals surface area contributed by atoms with Gasteiger partial charge in [-0.2, -0.15) is 0 Å². The Hall–Kier alpha value is -0.610. The highest BCUT2D eigenvalue weighted by Crippen LogP contribution is 2.36. The van der Waals surface area contributed by atoms with Crippen LogP contribution in [0.25, 0.3) is 0 Å². The third-order valence-electron chi connectivity index (χ3n) is 4.82. The van der Waals surface area contributed by atoms with Gasteiger partial charge in [-0.15, -0.1) is 0 Å². The first-order valence-corrected chi connectivity index (χ1v) is 7.08. The SMILES string of the molecule is CC(C)C(C)N(C)CCC1CCCC1(N)C(N)=O. The summed E-state index contributed by atoms with van der Waals surface area (Å²) in [7, 11) is 2.14. The van der Waals surface area contributed by atoms with Gasteiger partial charge in [0.2, 0.25) is 5.91 Å². The molecular weight excluding hydrogens is 226 g/mol. The van der Waals surface area contributed by atoms with Crippen molar-refractivity contribution in [2.75, 3.05) is 13.6 Å². The quantitative estimate of drug-likeness (QED) is 0.752. The van der Waals surface area contributed by atoms with E-state index in [4.69, 9.17) is 11.5 Å². The van der Waals surface area contributed by atoms with E-state index >= 15 is 0 Å². The highest BCUT2D eigenvalue weighted by molar-refractivity contribution is 5.85. The van der Waals surface area contributed by atoms with E-state index in [1.54, 1.807) is 0 Å². The lowest BCUT2D eigenvalue weighted by Gasteiger charge is -2.32. The van der Waals surface area contributed by atoms with E-state index in [-0.39, 0.29) is 11.8 Å². The number of rotatable bonds is 6. The van der Waals surface area contributed by atoms with Gasteiger partial charge in [0.15, 0.2) is 0 Å². The van der Waals surface area contributed by atoms with E-state index in [0.29, 0.717) is 12.0 Å². The highest BCUT2D eigenvalue weighted by atomic mass is 16.1. The predicted octanol–water partition coefficient (Wildman–Crippen LogP) is 1.34. The second kappa shape index (κ2) is 6.02. The number of nitrogens with zero attached hydrogens (tertiary/aromatic N) is 1. The van der Waals surface area contributed by atoms with Crippen molar-refractivity contribution in [2.45, 2.75) is 58.0 Å². The van der Waals surface area contributed by atoms with Gasteiger partial charge in [-0.1, -0.05) is 20.3 Å². The number of primary amides is 1. The molecule has 0 heterocycles. The van der Waals surface area contributed by atoms with E-state index < -0.39 is 5.54 Å². The Morgan fingerprint density at radius 2 is 2.06 bits per heavy atom. The minimum atomic E-state index is -0.762. The Morgan fingerprint density at radius 1 is 1.44 bits per heavy atom. The maximum Gasteiger partial charge on any atom is 0.237 e. The van der Waals surface area contributed by atoms with Crippen molar-refractivity contribution in [3.63, 3.8) is 0 Å². The topological polar surface area (TPSA) is 72.3 Å². The van der Waals surface area contributed by atoms with E-state index in [1.165, 1.54) is 0 Å². The summed E-state index contributed by atoms with van der Waals surface area (Å²) in [5, 5.41) is 0. The average molecular weight is 255 g/mol. The van der Waals surface area contributed by atoms with Crippen molar-refractivity contribution >= 4 is 5.91 Å².